The second-order valence-corrected chi connectivity index (χ2v) is 4.94. The molecule has 1 heterocycles. The Balaban J connectivity index is 1.89. The zero-order chi connectivity index (χ0) is 14.2. The summed E-state index contributed by atoms with van der Waals surface area (Å²) in [6.07, 6.45) is 0. The molecule has 0 saturated carbocycles. The Hall–Kier alpha value is -3.01. The SMILES string of the molecule is Nc1nnc2cc(-c3ccc4ccccc4c3)ccc2n1. The first kappa shape index (κ1) is 11.8. The van der Waals surface area contributed by atoms with Gasteiger partial charge in [0.2, 0.25) is 5.95 Å². The third-order valence-electron chi connectivity index (χ3n) is 3.55. The fourth-order valence-corrected chi connectivity index (χ4v) is 2.50. The highest BCUT2D eigenvalue weighted by molar-refractivity contribution is 5.89. The van der Waals surface area contributed by atoms with Crippen molar-refractivity contribution in [1.29, 1.82) is 0 Å². The molecule has 4 nitrogen and oxygen atoms in total. The minimum absolute atomic E-state index is 0.195. The van der Waals surface area contributed by atoms with Crippen LogP contribution < -0.4 is 5.73 Å². The largest absolute Gasteiger partial charge is 0.366 e. The molecule has 0 amide bonds. The quantitative estimate of drug-likeness (QED) is 0.576. The van der Waals surface area contributed by atoms with Gasteiger partial charge in [0.15, 0.2) is 0 Å². The normalized spacial score (nSPS) is 11.0. The van der Waals surface area contributed by atoms with E-state index >= 15 is 0 Å². The Kier molecular flexibility index (Phi) is 2.54. The average Bonchev–Trinajstić information content (AvgIpc) is 2.54. The van der Waals surface area contributed by atoms with Crippen LogP contribution >= 0.6 is 0 Å². The van der Waals surface area contributed by atoms with E-state index in [0.717, 1.165) is 22.2 Å². The standard InChI is InChI=1S/C17H12N4/c18-17-19-15-8-7-14(10-16(15)20-21-17)13-6-5-11-3-1-2-4-12(11)9-13/h1-10H,(H2,18,19,21). The van der Waals surface area contributed by atoms with Crippen LogP contribution in [0.15, 0.2) is 60.7 Å². The molecule has 0 aliphatic carbocycles. The van der Waals surface area contributed by atoms with Gasteiger partial charge in [-0.05, 0) is 40.1 Å². The molecule has 100 valence electrons. The third kappa shape index (κ3) is 2.07. The number of nitrogen functional groups attached to an aromatic ring is 1. The van der Waals surface area contributed by atoms with Crippen molar-refractivity contribution in [2.45, 2.75) is 0 Å². The van der Waals surface area contributed by atoms with Gasteiger partial charge in [0.05, 0.1) is 5.52 Å². The molecule has 0 bridgehead atoms. The van der Waals surface area contributed by atoms with Crippen molar-refractivity contribution in [3.63, 3.8) is 0 Å². The maximum absolute atomic E-state index is 5.55. The van der Waals surface area contributed by atoms with Crippen molar-refractivity contribution in [2.75, 3.05) is 5.73 Å². The molecule has 4 heteroatoms. The van der Waals surface area contributed by atoms with E-state index in [-0.39, 0.29) is 5.95 Å². The van der Waals surface area contributed by atoms with E-state index in [1.54, 1.807) is 0 Å². The molecule has 0 saturated heterocycles. The number of hydrogen-bond donors (Lipinski definition) is 1. The van der Waals surface area contributed by atoms with Gasteiger partial charge in [-0.2, -0.15) is 0 Å². The van der Waals surface area contributed by atoms with Crippen LogP contribution in [0, 0.1) is 0 Å². The summed E-state index contributed by atoms with van der Waals surface area (Å²) in [5, 5.41) is 10.4. The zero-order valence-electron chi connectivity index (χ0n) is 11.2. The van der Waals surface area contributed by atoms with Gasteiger partial charge in [0, 0.05) is 0 Å². The second-order valence-electron chi connectivity index (χ2n) is 4.94. The Bertz CT molecular complexity index is 963. The molecule has 0 atom stereocenters. The Morgan fingerprint density at radius 2 is 1.43 bits per heavy atom. The summed E-state index contributed by atoms with van der Waals surface area (Å²) in [7, 11) is 0. The fourth-order valence-electron chi connectivity index (χ4n) is 2.50. The molecule has 0 radical (unpaired) electrons. The lowest BCUT2D eigenvalue weighted by atomic mass is 10.0. The molecular formula is C17H12N4. The molecule has 4 aromatic rings. The molecule has 21 heavy (non-hydrogen) atoms. The summed E-state index contributed by atoms with van der Waals surface area (Å²) in [6.45, 7) is 0. The van der Waals surface area contributed by atoms with Crippen molar-refractivity contribution >= 4 is 27.8 Å². The lowest BCUT2D eigenvalue weighted by molar-refractivity contribution is 1.04. The second kappa shape index (κ2) is 4.52. The number of hydrogen-bond acceptors (Lipinski definition) is 4. The van der Waals surface area contributed by atoms with E-state index in [9.17, 15) is 0 Å². The zero-order valence-corrected chi connectivity index (χ0v) is 11.2. The lowest BCUT2D eigenvalue weighted by Crippen LogP contribution is -1.97. The number of rotatable bonds is 1. The first-order valence-corrected chi connectivity index (χ1v) is 6.69. The molecule has 2 N–H and O–H groups in total. The minimum atomic E-state index is 0.195. The van der Waals surface area contributed by atoms with Crippen molar-refractivity contribution < 1.29 is 0 Å². The van der Waals surface area contributed by atoms with E-state index in [0.29, 0.717) is 0 Å². The maximum Gasteiger partial charge on any atom is 0.240 e. The Morgan fingerprint density at radius 3 is 2.33 bits per heavy atom. The van der Waals surface area contributed by atoms with E-state index < -0.39 is 0 Å². The van der Waals surface area contributed by atoms with Gasteiger partial charge in [0.25, 0.3) is 0 Å². The molecule has 4 rings (SSSR count). The van der Waals surface area contributed by atoms with Gasteiger partial charge in [-0.25, -0.2) is 4.98 Å². The fraction of sp³-hybridized carbons (Fsp3) is 0. The molecule has 1 aromatic heterocycles. The molecule has 0 aliphatic rings. The van der Waals surface area contributed by atoms with E-state index in [1.165, 1.54) is 10.8 Å². The van der Waals surface area contributed by atoms with Gasteiger partial charge < -0.3 is 5.73 Å². The van der Waals surface area contributed by atoms with Gasteiger partial charge in [0.1, 0.15) is 5.52 Å². The summed E-state index contributed by atoms with van der Waals surface area (Å²) in [5.41, 5.74) is 9.29. The van der Waals surface area contributed by atoms with Crippen LogP contribution in [0.1, 0.15) is 0 Å². The first-order valence-electron chi connectivity index (χ1n) is 6.69. The van der Waals surface area contributed by atoms with E-state index in [2.05, 4.69) is 45.5 Å². The molecule has 3 aromatic carbocycles. The highest BCUT2D eigenvalue weighted by atomic mass is 15.2. The molecule has 0 unspecified atom stereocenters. The number of benzene rings is 3. The van der Waals surface area contributed by atoms with Crippen LogP contribution in [0.2, 0.25) is 0 Å². The topological polar surface area (TPSA) is 64.7 Å². The van der Waals surface area contributed by atoms with Crippen LogP contribution in [-0.2, 0) is 0 Å². The first-order chi connectivity index (χ1) is 10.3. The summed E-state index contributed by atoms with van der Waals surface area (Å²) >= 11 is 0. The lowest BCUT2D eigenvalue weighted by Gasteiger charge is -2.05. The molecule has 0 aliphatic heterocycles. The van der Waals surface area contributed by atoms with E-state index in [1.807, 2.05) is 30.3 Å². The predicted molar refractivity (Wildman–Crippen MR) is 84.7 cm³/mol. The van der Waals surface area contributed by atoms with Crippen molar-refractivity contribution in [3.05, 3.63) is 60.7 Å². The summed E-state index contributed by atoms with van der Waals surface area (Å²) < 4.78 is 0. The summed E-state index contributed by atoms with van der Waals surface area (Å²) in [6, 6.07) is 20.7. The van der Waals surface area contributed by atoms with Gasteiger partial charge in [-0.15, -0.1) is 10.2 Å². The number of nitrogens with two attached hydrogens (primary N) is 1. The van der Waals surface area contributed by atoms with Gasteiger partial charge >= 0.3 is 0 Å². The maximum atomic E-state index is 5.55. The van der Waals surface area contributed by atoms with Crippen LogP contribution in [0.3, 0.4) is 0 Å². The van der Waals surface area contributed by atoms with Crippen molar-refractivity contribution in [3.8, 4) is 11.1 Å². The summed E-state index contributed by atoms with van der Waals surface area (Å²) in [5.74, 6) is 0.195. The van der Waals surface area contributed by atoms with Crippen LogP contribution in [0.4, 0.5) is 5.95 Å². The van der Waals surface area contributed by atoms with Gasteiger partial charge in [-0.1, -0.05) is 42.5 Å². The Labute approximate surface area is 121 Å². The van der Waals surface area contributed by atoms with Crippen LogP contribution in [0.25, 0.3) is 32.9 Å². The van der Waals surface area contributed by atoms with Crippen molar-refractivity contribution in [2.24, 2.45) is 0 Å². The molecule has 0 fully saturated rings. The molecule has 0 spiro atoms. The predicted octanol–water partition coefficient (Wildman–Crippen LogP) is 3.43. The number of aromatic nitrogens is 3. The highest BCUT2D eigenvalue weighted by Gasteiger charge is 2.04. The number of anilines is 1. The number of nitrogens with zero attached hydrogens (tertiary/aromatic N) is 3. The van der Waals surface area contributed by atoms with Crippen molar-refractivity contribution in [1.82, 2.24) is 15.2 Å². The third-order valence-corrected chi connectivity index (χ3v) is 3.55. The van der Waals surface area contributed by atoms with Gasteiger partial charge in [-0.3, -0.25) is 0 Å². The monoisotopic (exact) mass is 272 g/mol. The highest BCUT2D eigenvalue weighted by Crippen LogP contribution is 2.26. The van der Waals surface area contributed by atoms with Crippen LogP contribution in [0.5, 0.6) is 0 Å². The minimum Gasteiger partial charge on any atom is -0.366 e. The smallest absolute Gasteiger partial charge is 0.240 e. The Morgan fingerprint density at radius 1 is 0.667 bits per heavy atom. The van der Waals surface area contributed by atoms with E-state index in [4.69, 9.17) is 5.73 Å². The van der Waals surface area contributed by atoms with Crippen LogP contribution in [-0.4, -0.2) is 15.2 Å². The molecular weight excluding hydrogens is 260 g/mol. The average molecular weight is 272 g/mol. The number of fused-ring (bicyclic) bond motifs is 2. The summed E-state index contributed by atoms with van der Waals surface area (Å²) in [4.78, 5) is 4.16.